The topological polar surface area (TPSA) is 96.5 Å². The molecule has 132 valence electrons. The second-order valence-corrected chi connectivity index (χ2v) is 6.27. The Balaban J connectivity index is 1.79. The predicted molar refractivity (Wildman–Crippen MR) is 101 cm³/mol. The third kappa shape index (κ3) is 4.22. The maximum absolute atomic E-state index is 12.2. The summed E-state index contributed by atoms with van der Waals surface area (Å²) < 4.78 is 5.26. The highest BCUT2D eigenvalue weighted by atomic mass is 32.2. The fourth-order valence-electron chi connectivity index (χ4n) is 2.29. The van der Waals surface area contributed by atoms with Crippen molar-refractivity contribution >= 4 is 46.4 Å². The van der Waals surface area contributed by atoms with E-state index in [1.807, 2.05) is 18.2 Å². The van der Waals surface area contributed by atoms with Gasteiger partial charge in [0.1, 0.15) is 5.75 Å². The molecule has 1 heterocycles. The molecule has 3 N–H and O–H groups in total. The Morgan fingerprint density at radius 3 is 2.54 bits per heavy atom. The van der Waals surface area contributed by atoms with Crippen LogP contribution in [0.2, 0.25) is 0 Å². The molecule has 0 unspecified atom stereocenters. The summed E-state index contributed by atoms with van der Waals surface area (Å²) in [6.07, 6.45) is 1.57. The van der Waals surface area contributed by atoms with Crippen LogP contribution in [-0.2, 0) is 4.79 Å². The summed E-state index contributed by atoms with van der Waals surface area (Å²) in [6, 6.07) is 13.6. The van der Waals surface area contributed by atoms with Crippen LogP contribution in [0, 0.1) is 0 Å². The molecule has 26 heavy (non-hydrogen) atoms. The second-order valence-electron chi connectivity index (χ2n) is 5.26. The molecule has 2 aromatic carbocycles. The quantitative estimate of drug-likeness (QED) is 0.715. The van der Waals surface area contributed by atoms with Crippen molar-refractivity contribution in [3.63, 3.8) is 0 Å². The molecule has 1 aliphatic rings. The zero-order valence-corrected chi connectivity index (χ0v) is 14.6. The summed E-state index contributed by atoms with van der Waals surface area (Å²) in [5, 5.41) is 7.22. The van der Waals surface area contributed by atoms with E-state index in [-0.39, 0.29) is 0 Å². The van der Waals surface area contributed by atoms with E-state index in [9.17, 15) is 14.4 Å². The minimum absolute atomic E-state index is 0.292. The zero-order chi connectivity index (χ0) is 18.5. The van der Waals surface area contributed by atoms with Crippen molar-refractivity contribution < 1.29 is 19.1 Å². The number of para-hydroxylation sites is 1. The van der Waals surface area contributed by atoms with Crippen LogP contribution in [-0.4, -0.2) is 24.3 Å². The summed E-state index contributed by atoms with van der Waals surface area (Å²) in [5.74, 6) is 0.0297. The fourth-order valence-corrected chi connectivity index (χ4v) is 2.97. The van der Waals surface area contributed by atoms with Crippen LogP contribution in [0.1, 0.15) is 5.56 Å². The van der Waals surface area contributed by atoms with Gasteiger partial charge in [0.15, 0.2) is 0 Å². The fraction of sp³-hybridized carbons (Fsp3) is 0.0556. The minimum atomic E-state index is -0.438. The van der Waals surface area contributed by atoms with Crippen molar-refractivity contribution in [2.45, 2.75) is 0 Å². The van der Waals surface area contributed by atoms with Gasteiger partial charge in [0, 0.05) is 5.69 Å². The molecule has 0 aromatic heterocycles. The number of benzene rings is 2. The number of methoxy groups -OCH3 is 1. The summed E-state index contributed by atoms with van der Waals surface area (Å²) >= 11 is 0.831. The Kier molecular flexibility index (Phi) is 5.23. The van der Waals surface area contributed by atoms with E-state index in [1.54, 1.807) is 36.4 Å². The lowest BCUT2D eigenvalue weighted by molar-refractivity contribution is -0.115. The van der Waals surface area contributed by atoms with Crippen molar-refractivity contribution in [3.05, 3.63) is 59.0 Å². The van der Waals surface area contributed by atoms with Crippen molar-refractivity contribution in [3.8, 4) is 5.75 Å². The lowest BCUT2D eigenvalue weighted by atomic mass is 10.1. The van der Waals surface area contributed by atoms with Crippen molar-refractivity contribution in [1.82, 2.24) is 5.32 Å². The molecule has 0 saturated carbocycles. The van der Waals surface area contributed by atoms with E-state index in [2.05, 4.69) is 16.0 Å². The van der Waals surface area contributed by atoms with Gasteiger partial charge >= 0.3 is 6.03 Å². The number of anilines is 2. The Morgan fingerprint density at radius 2 is 1.88 bits per heavy atom. The summed E-state index contributed by atoms with van der Waals surface area (Å²) in [6.45, 7) is 0. The van der Waals surface area contributed by atoms with Crippen LogP contribution >= 0.6 is 11.8 Å². The maximum Gasteiger partial charge on any atom is 0.323 e. The molecule has 1 aliphatic heterocycles. The Morgan fingerprint density at radius 1 is 1.12 bits per heavy atom. The first-order valence-electron chi connectivity index (χ1n) is 7.61. The highest BCUT2D eigenvalue weighted by Crippen LogP contribution is 2.30. The molecular formula is C18H15N3O4S. The zero-order valence-electron chi connectivity index (χ0n) is 13.7. The Labute approximate surface area is 153 Å². The van der Waals surface area contributed by atoms with Gasteiger partial charge in [0.05, 0.1) is 17.7 Å². The largest absolute Gasteiger partial charge is 0.495 e. The number of carbonyl (C=O) groups excluding carboxylic acids is 3. The lowest BCUT2D eigenvalue weighted by Gasteiger charge is -2.12. The van der Waals surface area contributed by atoms with Crippen LogP contribution in [0.4, 0.5) is 21.0 Å². The van der Waals surface area contributed by atoms with Gasteiger partial charge in [-0.15, -0.1) is 0 Å². The highest BCUT2D eigenvalue weighted by Gasteiger charge is 2.25. The van der Waals surface area contributed by atoms with Gasteiger partial charge in [-0.1, -0.05) is 24.3 Å². The van der Waals surface area contributed by atoms with Gasteiger partial charge in [-0.05, 0) is 47.7 Å². The number of hydrogen-bond donors (Lipinski definition) is 3. The molecule has 3 rings (SSSR count). The molecule has 1 saturated heterocycles. The minimum Gasteiger partial charge on any atom is -0.495 e. The normalized spacial score (nSPS) is 14.9. The number of imide groups is 1. The number of amides is 4. The third-order valence-corrected chi connectivity index (χ3v) is 4.25. The highest BCUT2D eigenvalue weighted by molar-refractivity contribution is 8.18. The standard InChI is InChI=1S/C18H15N3O4S/c1-25-14-8-7-11(10-15-16(22)21-18(24)26-15)9-13(14)20-17(23)19-12-5-3-2-4-6-12/h2-10H,1H3,(H2,19,20,23)(H,21,22,24). The first-order valence-corrected chi connectivity index (χ1v) is 8.43. The average molecular weight is 369 g/mol. The molecule has 0 spiro atoms. The summed E-state index contributed by atoms with van der Waals surface area (Å²) in [7, 11) is 1.49. The Hall–Kier alpha value is -3.26. The summed E-state index contributed by atoms with van der Waals surface area (Å²) in [5.41, 5.74) is 1.73. The second kappa shape index (κ2) is 7.75. The van der Waals surface area contributed by atoms with Gasteiger partial charge in [0.2, 0.25) is 0 Å². The van der Waals surface area contributed by atoms with Crippen molar-refractivity contribution in [1.29, 1.82) is 0 Å². The molecule has 8 heteroatoms. The first kappa shape index (κ1) is 17.6. The van der Waals surface area contributed by atoms with Gasteiger partial charge in [-0.3, -0.25) is 14.9 Å². The van der Waals surface area contributed by atoms with Crippen LogP contribution in [0.25, 0.3) is 6.08 Å². The van der Waals surface area contributed by atoms with Gasteiger partial charge < -0.3 is 15.4 Å². The SMILES string of the molecule is COc1ccc(C=C2SC(=O)NC2=O)cc1NC(=O)Nc1ccccc1. The molecular weight excluding hydrogens is 354 g/mol. The predicted octanol–water partition coefficient (Wildman–Crippen LogP) is 3.66. The van der Waals surface area contributed by atoms with E-state index in [0.29, 0.717) is 27.6 Å². The van der Waals surface area contributed by atoms with Crippen LogP contribution < -0.4 is 20.7 Å². The van der Waals surface area contributed by atoms with E-state index < -0.39 is 17.2 Å². The molecule has 4 amide bonds. The molecule has 0 aliphatic carbocycles. The van der Waals surface area contributed by atoms with Crippen LogP contribution in [0.15, 0.2) is 53.4 Å². The molecule has 2 aromatic rings. The lowest BCUT2D eigenvalue weighted by Crippen LogP contribution is -2.19. The number of thioether (sulfide) groups is 1. The van der Waals surface area contributed by atoms with Gasteiger partial charge in [-0.2, -0.15) is 0 Å². The summed E-state index contributed by atoms with van der Waals surface area (Å²) in [4.78, 5) is 35.4. The van der Waals surface area contributed by atoms with Gasteiger partial charge in [-0.25, -0.2) is 4.79 Å². The number of nitrogens with one attached hydrogen (secondary N) is 3. The number of hydrogen-bond acceptors (Lipinski definition) is 5. The van der Waals surface area contributed by atoms with Crippen molar-refractivity contribution in [2.24, 2.45) is 0 Å². The van der Waals surface area contributed by atoms with E-state index >= 15 is 0 Å². The van der Waals surface area contributed by atoms with Crippen LogP contribution in [0.3, 0.4) is 0 Å². The third-order valence-electron chi connectivity index (χ3n) is 3.44. The molecule has 0 bridgehead atoms. The molecule has 0 radical (unpaired) electrons. The van der Waals surface area contributed by atoms with E-state index in [0.717, 1.165) is 11.8 Å². The monoisotopic (exact) mass is 369 g/mol. The average Bonchev–Trinajstić information content (AvgIpc) is 2.93. The molecule has 1 fully saturated rings. The maximum atomic E-state index is 12.2. The first-order chi connectivity index (χ1) is 12.5. The van der Waals surface area contributed by atoms with Crippen molar-refractivity contribution in [2.75, 3.05) is 17.7 Å². The Bertz CT molecular complexity index is 897. The number of ether oxygens (including phenoxy) is 1. The van der Waals surface area contributed by atoms with Crippen LogP contribution in [0.5, 0.6) is 5.75 Å². The van der Waals surface area contributed by atoms with E-state index in [1.165, 1.54) is 7.11 Å². The number of rotatable bonds is 4. The smallest absolute Gasteiger partial charge is 0.323 e. The molecule has 0 atom stereocenters. The van der Waals surface area contributed by atoms with E-state index in [4.69, 9.17) is 4.74 Å². The number of carbonyl (C=O) groups is 3. The number of urea groups is 1. The van der Waals surface area contributed by atoms with Gasteiger partial charge in [0.25, 0.3) is 11.1 Å². The molecule has 7 nitrogen and oxygen atoms in total.